The van der Waals surface area contributed by atoms with E-state index in [9.17, 15) is 4.79 Å². The molecule has 1 aromatic carbocycles. The Morgan fingerprint density at radius 2 is 2.25 bits per heavy atom. The molecule has 2 rings (SSSR count). The van der Waals surface area contributed by atoms with Gasteiger partial charge in [0.25, 0.3) is 5.91 Å². The zero-order valence-corrected chi connectivity index (χ0v) is 11.6. The van der Waals surface area contributed by atoms with Gasteiger partial charge in [0.2, 0.25) is 0 Å². The van der Waals surface area contributed by atoms with Gasteiger partial charge in [-0.3, -0.25) is 9.48 Å². The molecule has 0 aliphatic carbocycles. The molecule has 106 valence electrons. The number of nitrogens with zero attached hydrogens (tertiary/aromatic N) is 3. The molecule has 2 aromatic rings. The number of nitrogens with one attached hydrogen (secondary N) is 2. The van der Waals surface area contributed by atoms with E-state index < -0.39 is 0 Å². The Hall–Kier alpha value is -2.57. The van der Waals surface area contributed by atoms with Crippen LogP contribution in [0.2, 0.25) is 0 Å². The van der Waals surface area contributed by atoms with Gasteiger partial charge in [-0.1, -0.05) is 0 Å². The van der Waals surface area contributed by atoms with E-state index in [1.54, 1.807) is 29.2 Å². The van der Waals surface area contributed by atoms with Gasteiger partial charge >= 0.3 is 0 Å². The van der Waals surface area contributed by atoms with Gasteiger partial charge in [-0.25, -0.2) is 4.98 Å². The molecule has 0 aliphatic heterocycles. The number of nitrogens with two attached hydrogens (primary N) is 1. The molecule has 0 saturated carbocycles. The van der Waals surface area contributed by atoms with Crippen molar-refractivity contribution in [2.75, 3.05) is 17.6 Å². The second-order valence-corrected chi connectivity index (χ2v) is 4.35. The van der Waals surface area contributed by atoms with Gasteiger partial charge < -0.3 is 16.4 Å². The average Bonchev–Trinajstić information content (AvgIpc) is 2.83. The molecule has 0 unspecified atom stereocenters. The molecule has 0 saturated heterocycles. The van der Waals surface area contributed by atoms with Crippen molar-refractivity contribution in [1.29, 1.82) is 0 Å². The first-order chi connectivity index (χ1) is 9.60. The maximum Gasteiger partial charge on any atom is 0.251 e. The van der Waals surface area contributed by atoms with Crippen molar-refractivity contribution in [2.45, 2.75) is 13.5 Å². The average molecular weight is 274 g/mol. The Morgan fingerprint density at radius 1 is 1.45 bits per heavy atom. The van der Waals surface area contributed by atoms with Crippen molar-refractivity contribution in [2.24, 2.45) is 7.05 Å². The van der Waals surface area contributed by atoms with Crippen molar-refractivity contribution in [3.05, 3.63) is 35.9 Å². The van der Waals surface area contributed by atoms with Crippen LogP contribution in [0.3, 0.4) is 0 Å². The Kier molecular flexibility index (Phi) is 4.19. The second-order valence-electron chi connectivity index (χ2n) is 4.35. The van der Waals surface area contributed by atoms with Crippen LogP contribution in [0.25, 0.3) is 0 Å². The summed E-state index contributed by atoms with van der Waals surface area (Å²) in [6.45, 7) is 2.94. The van der Waals surface area contributed by atoms with Gasteiger partial charge in [-0.2, -0.15) is 5.10 Å². The number of aromatic nitrogens is 3. The Labute approximate surface area is 117 Å². The van der Waals surface area contributed by atoms with Crippen LogP contribution < -0.4 is 16.4 Å². The SMILES string of the molecule is CCNC(=O)c1ccc(NCc2ncn(C)n2)c(N)c1. The van der Waals surface area contributed by atoms with E-state index in [0.29, 0.717) is 30.2 Å². The lowest BCUT2D eigenvalue weighted by Crippen LogP contribution is -2.22. The molecule has 4 N–H and O–H groups in total. The Bertz CT molecular complexity index is 607. The lowest BCUT2D eigenvalue weighted by molar-refractivity contribution is 0.0956. The van der Waals surface area contributed by atoms with Crippen LogP contribution in [0, 0.1) is 0 Å². The molecule has 0 aliphatic rings. The number of hydrogen-bond donors (Lipinski definition) is 3. The predicted octanol–water partition coefficient (Wildman–Crippen LogP) is 0.759. The number of benzene rings is 1. The predicted molar refractivity (Wildman–Crippen MR) is 77.2 cm³/mol. The summed E-state index contributed by atoms with van der Waals surface area (Å²) in [6, 6.07) is 5.16. The molecule has 0 fully saturated rings. The summed E-state index contributed by atoms with van der Waals surface area (Å²) in [4.78, 5) is 15.8. The minimum absolute atomic E-state index is 0.128. The monoisotopic (exact) mass is 274 g/mol. The van der Waals surface area contributed by atoms with Crippen LogP contribution >= 0.6 is 0 Å². The summed E-state index contributed by atoms with van der Waals surface area (Å²) in [5, 5.41) is 10.0. The van der Waals surface area contributed by atoms with Crippen molar-refractivity contribution < 1.29 is 4.79 Å². The second kappa shape index (κ2) is 6.05. The molecule has 1 amide bonds. The van der Waals surface area contributed by atoms with Gasteiger partial charge in [0.05, 0.1) is 17.9 Å². The fourth-order valence-corrected chi connectivity index (χ4v) is 1.77. The largest absolute Gasteiger partial charge is 0.397 e. The molecule has 0 spiro atoms. The van der Waals surface area contributed by atoms with Crippen LogP contribution in [-0.4, -0.2) is 27.2 Å². The van der Waals surface area contributed by atoms with E-state index >= 15 is 0 Å². The first-order valence-corrected chi connectivity index (χ1v) is 6.36. The van der Waals surface area contributed by atoms with Gasteiger partial charge in [0, 0.05) is 19.2 Å². The Morgan fingerprint density at radius 3 is 2.85 bits per heavy atom. The number of carbonyl (C=O) groups excluding carboxylic acids is 1. The fraction of sp³-hybridized carbons (Fsp3) is 0.308. The van der Waals surface area contributed by atoms with E-state index in [2.05, 4.69) is 20.7 Å². The molecular formula is C13H18N6O. The smallest absolute Gasteiger partial charge is 0.251 e. The highest BCUT2D eigenvalue weighted by atomic mass is 16.1. The van der Waals surface area contributed by atoms with Gasteiger partial charge in [-0.15, -0.1) is 0 Å². The number of rotatable bonds is 5. The number of anilines is 2. The minimum Gasteiger partial charge on any atom is -0.397 e. The first-order valence-electron chi connectivity index (χ1n) is 6.36. The molecule has 7 heteroatoms. The maximum atomic E-state index is 11.7. The molecule has 1 aromatic heterocycles. The Balaban J connectivity index is 2.04. The first kappa shape index (κ1) is 13.9. The van der Waals surface area contributed by atoms with Gasteiger partial charge in [0.1, 0.15) is 6.33 Å². The topological polar surface area (TPSA) is 97.9 Å². The van der Waals surface area contributed by atoms with Crippen LogP contribution in [-0.2, 0) is 13.6 Å². The molecule has 0 atom stereocenters. The number of hydrogen-bond acceptors (Lipinski definition) is 5. The quantitative estimate of drug-likeness (QED) is 0.699. The van der Waals surface area contributed by atoms with E-state index in [1.165, 1.54) is 0 Å². The fourth-order valence-electron chi connectivity index (χ4n) is 1.77. The van der Waals surface area contributed by atoms with E-state index in [4.69, 9.17) is 5.73 Å². The van der Waals surface area contributed by atoms with Gasteiger partial charge in [0.15, 0.2) is 5.82 Å². The number of aryl methyl sites for hydroxylation is 1. The summed E-state index contributed by atoms with van der Waals surface area (Å²) in [5.74, 6) is 0.553. The van der Waals surface area contributed by atoms with Crippen LogP contribution in [0.4, 0.5) is 11.4 Å². The molecule has 0 radical (unpaired) electrons. The number of nitrogen functional groups attached to an aromatic ring is 1. The number of carbonyl (C=O) groups is 1. The molecule has 7 nitrogen and oxygen atoms in total. The van der Waals surface area contributed by atoms with E-state index in [1.807, 2.05) is 14.0 Å². The normalized spacial score (nSPS) is 10.3. The van der Waals surface area contributed by atoms with E-state index in [-0.39, 0.29) is 5.91 Å². The van der Waals surface area contributed by atoms with E-state index in [0.717, 1.165) is 5.69 Å². The van der Waals surface area contributed by atoms with Crippen molar-refractivity contribution in [3.8, 4) is 0 Å². The van der Waals surface area contributed by atoms with Crippen LogP contribution in [0.15, 0.2) is 24.5 Å². The van der Waals surface area contributed by atoms with Crippen molar-refractivity contribution >= 4 is 17.3 Å². The molecular weight excluding hydrogens is 256 g/mol. The molecule has 1 heterocycles. The lowest BCUT2D eigenvalue weighted by Gasteiger charge is -2.09. The number of amides is 1. The van der Waals surface area contributed by atoms with Crippen LogP contribution in [0.1, 0.15) is 23.1 Å². The standard InChI is InChI=1S/C13H18N6O/c1-3-15-13(20)9-4-5-11(10(14)6-9)16-7-12-17-8-19(2)18-12/h4-6,8,16H,3,7,14H2,1-2H3,(H,15,20). The molecule has 20 heavy (non-hydrogen) atoms. The highest BCUT2D eigenvalue weighted by Gasteiger charge is 2.07. The maximum absolute atomic E-state index is 11.7. The highest BCUT2D eigenvalue weighted by Crippen LogP contribution is 2.20. The third-order valence-corrected chi connectivity index (χ3v) is 2.74. The summed E-state index contributed by atoms with van der Waals surface area (Å²) >= 11 is 0. The summed E-state index contributed by atoms with van der Waals surface area (Å²) in [6.07, 6.45) is 1.64. The summed E-state index contributed by atoms with van der Waals surface area (Å²) < 4.78 is 1.64. The van der Waals surface area contributed by atoms with Crippen molar-refractivity contribution in [3.63, 3.8) is 0 Å². The third kappa shape index (κ3) is 3.25. The molecule has 0 bridgehead atoms. The minimum atomic E-state index is -0.128. The highest BCUT2D eigenvalue weighted by molar-refractivity contribution is 5.96. The van der Waals surface area contributed by atoms with Crippen molar-refractivity contribution in [1.82, 2.24) is 20.1 Å². The van der Waals surface area contributed by atoms with Crippen LogP contribution in [0.5, 0.6) is 0 Å². The van der Waals surface area contributed by atoms with Gasteiger partial charge in [-0.05, 0) is 25.1 Å². The lowest BCUT2D eigenvalue weighted by atomic mass is 10.1. The zero-order chi connectivity index (χ0) is 14.5. The summed E-state index contributed by atoms with van der Waals surface area (Å²) in [7, 11) is 1.81. The summed E-state index contributed by atoms with van der Waals surface area (Å²) in [5.41, 5.74) is 7.76. The zero-order valence-electron chi connectivity index (χ0n) is 11.6. The third-order valence-electron chi connectivity index (χ3n) is 2.74.